The van der Waals surface area contributed by atoms with Crippen LogP contribution in [-0.2, 0) is 0 Å². The van der Waals surface area contributed by atoms with Gasteiger partial charge in [-0.1, -0.05) is 27.7 Å². The highest BCUT2D eigenvalue weighted by Gasteiger charge is 2.38. The van der Waals surface area contributed by atoms with Crippen LogP contribution in [0.2, 0.25) is 0 Å². The summed E-state index contributed by atoms with van der Waals surface area (Å²) in [5, 5.41) is 3.82. The molecule has 2 nitrogen and oxygen atoms in total. The molecule has 1 aliphatic carbocycles. The minimum atomic E-state index is 0.483. The Bertz CT molecular complexity index is 227. The molecule has 0 heterocycles. The fourth-order valence-electron chi connectivity index (χ4n) is 3.97. The van der Waals surface area contributed by atoms with Crippen LogP contribution in [0.1, 0.15) is 53.9 Å². The van der Waals surface area contributed by atoms with Crippen LogP contribution >= 0.6 is 0 Å². The molecule has 0 saturated heterocycles. The standard InChI is InChI=1S/C15H32N2/c1-12(10-17(6)7)16-13-8-14(2,3)11-15(4,5)9-13/h12-13,16H,8-11H2,1-7H3. The van der Waals surface area contributed by atoms with Gasteiger partial charge in [-0.2, -0.15) is 0 Å². The minimum absolute atomic E-state index is 0.483. The highest BCUT2D eigenvalue weighted by molar-refractivity contribution is 4.93. The molecule has 102 valence electrons. The Balaban J connectivity index is 2.53. The van der Waals surface area contributed by atoms with E-state index < -0.39 is 0 Å². The Morgan fingerprint density at radius 3 is 2.00 bits per heavy atom. The van der Waals surface area contributed by atoms with E-state index in [0.29, 0.717) is 22.9 Å². The molecule has 2 heteroatoms. The van der Waals surface area contributed by atoms with E-state index in [2.05, 4.69) is 58.9 Å². The molecule has 1 atom stereocenters. The Morgan fingerprint density at radius 1 is 1.12 bits per heavy atom. The van der Waals surface area contributed by atoms with Crippen LogP contribution in [0, 0.1) is 10.8 Å². The summed E-state index contributed by atoms with van der Waals surface area (Å²) in [5.41, 5.74) is 0.967. The van der Waals surface area contributed by atoms with Crippen LogP contribution in [0.5, 0.6) is 0 Å². The van der Waals surface area contributed by atoms with Crippen molar-refractivity contribution in [1.29, 1.82) is 0 Å². The van der Waals surface area contributed by atoms with E-state index in [1.807, 2.05) is 0 Å². The quantitative estimate of drug-likeness (QED) is 0.812. The number of hydrogen-bond donors (Lipinski definition) is 1. The average Bonchev–Trinajstić information content (AvgIpc) is 1.93. The SMILES string of the molecule is CC(CN(C)C)NC1CC(C)(C)CC(C)(C)C1. The highest BCUT2D eigenvalue weighted by atomic mass is 15.1. The van der Waals surface area contributed by atoms with Gasteiger partial charge in [-0.15, -0.1) is 0 Å². The minimum Gasteiger partial charge on any atom is -0.310 e. The van der Waals surface area contributed by atoms with Crippen LogP contribution in [0.4, 0.5) is 0 Å². The van der Waals surface area contributed by atoms with Crippen molar-refractivity contribution in [2.45, 2.75) is 66.0 Å². The maximum absolute atomic E-state index is 3.82. The molecule has 0 aromatic heterocycles. The van der Waals surface area contributed by atoms with Crippen molar-refractivity contribution in [1.82, 2.24) is 10.2 Å². The lowest BCUT2D eigenvalue weighted by molar-refractivity contribution is 0.0795. The molecular formula is C15H32N2. The maximum atomic E-state index is 3.82. The lowest BCUT2D eigenvalue weighted by Crippen LogP contribution is -2.49. The molecule has 1 saturated carbocycles. The summed E-state index contributed by atoms with van der Waals surface area (Å²) in [4.78, 5) is 2.26. The van der Waals surface area contributed by atoms with Crippen LogP contribution in [0.15, 0.2) is 0 Å². The number of hydrogen-bond acceptors (Lipinski definition) is 2. The van der Waals surface area contributed by atoms with Gasteiger partial charge >= 0.3 is 0 Å². The van der Waals surface area contributed by atoms with Gasteiger partial charge in [0, 0.05) is 18.6 Å². The molecule has 1 fully saturated rings. The molecule has 0 bridgehead atoms. The summed E-state index contributed by atoms with van der Waals surface area (Å²) in [6, 6.07) is 1.27. The van der Waals surface area contributed by atoms with Gasteiger partial charge in [-0.05, 0) is 51.1 Å². The third-order valence-electron chi connectivity index (χ3n) is 3.71. The summed E-state index contributed by atoms with van der Waals surface area (Å²) in [7, 11) is 4.29. The second-order valence-corrected chi connectivity index (χ2v) is 7.94. The van der Waals surface area contributed by atoms with Crippen molar-refractivity contribution in [2.75, 3.05) is 20.6 Å². The topological polar surface area (TPSA) is 15.3 Å². The molecule has 0 aliphatic heterocycles. The summed E-state index contributed by atoms with van der Waals surface area (Å²) in [5.74, 6) is 0. The first-order valence-electron chi connectivity index (χ1n) is 7.00. The normalized spacial score (nSPS) is 26.1. The van der Waals surface area contributed by atoms with Gasteiger partial charge in [-0.3, -0.25) is 0 Å². The number of likely N-dealkylation sites (N-methyl/N-ethyl adjacent to an activating group) is 1. The van der Waals surface area contributed by atoms with E-state index in [1.54, 1.807) is 0 Å². The molecule has 0 aromatic rings. The van der Waals surface area contributed by atoms with Crippen LogP contribution in [0.25, 0.3) is 0 Å². The molecule has 1 unspecified atom stereocenters. The van der Waals surface area contributed by atoms with Crippen molar-refractivity contribution in [3.8, 4) is 0 Å². The average molecular weight is 240 g/mol. The number of nitrogens with zero attached hydrogens (tertiary/aromatic N) is 1. The molecule has 1 rings (SSSR count). The Morgan fingerprint density at radius 2 is 1.59 bits per heavy atom. The predicted octanol–water partition coefficient (Wildman–Crippen LogP) is 3.13. The van der Waals surface area contributed by atoms with Crippen molar-refractivity contribution in [3.05, 3.63) is 0 Å². The lowest BCUT2D eigenvalue weighted by atomic mass is 9.63. The highest BCUT2D eigenvalue weighted by Crippen LogP contribution is 2.45. The largest absolute Gasteiger partial charge is 0.310 e. The molecule has 0 radical (unpaired) electrons. The van der Waals surface area contributed by atoms with E-state index in [-0.39, 0.29) is 0 Å². The molecule has 1 N–H and O–H groups in total. The predicted molar refractivity (Wildman–Crippen MR) is 76.4 cm³/mol. The van der Waals surface area contributed by atoms with Crippen molar-refractivity contribution in [2.24, 2.45) is 10.8 Å². The smallest absolute Gasteiger partial charge is 0.0169 e. The molecule has 1 aliphatic rings. The van der Waals surface area contributed by atoms with E-state index in [4.69, 9.17) is 0 Å². The first kappa shape index (κ1) is 15.0. The summed E-state index contributed by atoms with van der Waals surface area (Å²) < 4.78 is 0. The molecule has 0 aromatic carbocycles. The molecule has 17 heavy (non-hydrogen) atoms. The van der Waals surface area contributed by atoms with E-state index in [0.717, 1.165) is 6.54 Å². The van der Waals surface area contributed by atoms with Crippen molar-refractivity contribution < 1.29 is 0 Å². The summed E-state index contributed by atoms with van der Waals surface area (Å²) in [6.45, 7) is 13.1. The Labute approximate surface area is 108 Å². The first-order valence-corrected chi connectivity index (χ1v) is 7.00. The second kappa shape index (κ2) is 5.27. The van der Waals surface area contributed by atoms with E-state index in [9.17, 15) is 0 Å². The second-order valence-electron chi connectivity index (χ2n) is 7.94. The molecule has 0 spiro atoms. The van der Waals surface area contributed by atoms with Gasteiger partial charge in [0.25, 0.3) is 0 Å². The zero-order valence-electron chi connectivity index (χ0n) is 12.9. The molecule has 0 amide bonds. The number of rotatable bonds is 4. The monoisotopic (exact) mass is 240 g/mol. The van der Waals surface area contributed by atoms with Gasteiger partial charge in [0.2, 0.25) is 0 Å². The van der Waals surface area contributed by atoms with Gasteiger partial charge in [0.15, 0.2) is 0 Å². The van der Waals surface area contributed by atoms with Crippen molar-refractivity contribution >= 4 is 0 Å². The fourth-order valence-corrected chi connectivity index (χ4v) is 3.97. The van der Waals surface area contributed by atoms with Gasteiger partial charge < -0.3 is 10.2 Å². The van der Waals surface area contributed by atoms with Gasteiger partial charge in [0.1, 0.15) is 0 Å². The molecular weight excluding hydrogens is 208 g/mol. The van der Waals surface area contributed by atoms with Crippen LogP contribution in [0.3, 0.4) is 0 Å². The summed E-state index contributed by atoms with van der Waals surface area (Å²) in [6.07, 6.45) is 3.97. The first-order chi connectivity index (χ1) is 7.60. The van der Waals surface area contributed by atoms with Gasteiger partial charge in [-0.25, -0.2) is 0 Å². The third kappa shape index (κ3) is 5.39. The Hall–Kier alpha value is -0.0800. The van der Waals surface area contributed by atoms with E-state index >= 15 is 0 Å². The Kier molecular flexibility index (Phi) is 4.65. The van der Waals surface area contributed by atoms with Crippen LogP contribution < -0.4 is 5.32 Å². The third-order valence-corrected chi connectivity index (χ3v) is 3.71. The number of nitrogens with one attached hydrogen (secondary N) is 1. The zero-order chi connectivity index (χ0) is 13.3. The summed E-state index contributed by atoms with van der Waals surface area (Å²) >= 11 is 0. The lowest BCUT2D eigenvalue weighted by Gasteiger charge is -2.46. The van der Waals surface area contributed by atoms with Gasteiger partial charge in [0.05, 0.1) is 0 Å². The maximum Gasteiger partial charge on any atom is 0.0169 e. The van der Waals surface area contributed by atoms with Crippen LogP contribution in [-0.4, -0.2) is 37.6 Å². The zero-order valence-corrected chi connectivity index (χ0v) is 12.9. The van der Waals surface area contributed by atoms with E-state index in [1.165, 1.54) is 19.3 Å². The van der Waals surface area contributed by atoms with Crippen molar-refractivity contribution in [3.63, 3.8) is 0 Å². The fraction of sp³-hybridized carbons (Fsp3) is 1.00.